The van der Waals surface area contributed by atoms with Gasteiger partial charge in [0.05, 0.1) is 16.3 Å². The van der Waals surface area contributed by atoms with Crippen LogP contribution in [0.3, 0.4) is 0 Å². The lowest BCUT2D eigenvalue weighted by molar-refractivity contribution is -0.428. The van der Waals surface area contributed by atoms with Crippen LogP contribution in [0.4, 0.5) is 0 Å². The largest absolute Gasteiger partial charge is 0.303 e. The molecule has 0 aromatic carbocycles. The first-order valence-electron chi connectivity index (χ1n) is 9.78. The maximum atomic E-state index is 11.1. The summed E-state index contributed by atoms with van der Waals surface area (Å²) in [5.41, 5.74) is 0.192. The van der Waals surface area contributed by atoms with Gasteiger partial charge >= 0.3 is 0 Å². The fraction of sp³-hybridized carbons (Fsp3) is 0.650. The van der Waals surface area contributed by atoms with E-state index >= 15 is 0 Å². The van der Waals surface area contributed by atoms with Crippen LogP contribution in [0.15, 0.2) is 35.7 Å². The molecule has 7 nitrogen and oxygen atoms in total. The van der Waals surface area contributed by atoms with Crippen LogP contribution in [0, 0.1) is 20.2 Å². The first-order chi connectivity index (χ1) is 13.0. The van der Waals surface area contributed by atoms with E-state index in [1.807, 2.05) is 13.0 Å². The highest BCUT2D eigenvalue weighted by molar-refractivity contribution is 5.48. The van der Waals surface area contributed by atoms with Crippen molar-refractivity contribution in [1.82, 2.24) is 0 Å². The molecule has 0 aliphatic carbocycles. The second kappa shape index (κ2) is 17.1. The fourth-order valence-corrected chi connectivity index (χ4v) is 2.55. The topological polar surface area (TPSA) is 103 Å². The van der Waals surface area contributed by atoms with E-state index in [2.05, 4.69) is 0 Å². The molecule has 0 rings (SSSR count). The molecule has 0 amide bonds. The summed E-state index contributed by atoms with van der Waals surface area (Å²) >= 11 is 0. The number of nitrogens with zero attached hydrogens (tertiary/aromatic N) is 2. The predicted octanol–water partition coefficient (Wildman–Crippen LogP) is 5.76. The van der Waals surface area contributed by atoms with Gasteiger partial charge in [-0.2, -0.15) is 0 Å². The Morgan fingerprint density at radius 2 is 1.44 bits per heavy atom. The van der Waals surface area contributed by atoms with E-state index in [0.717, 1.165) is 57.7 Å². The predicted molar refractivity (Wildman–Crippen MR) is 106 cm³/mol. The number of rotatable bonds is 17. The van der Waals surface area contributed by atoms with Gasteiger partial charge in [0.15, 0.2) is 0 Å². The lowest BCUT2D eigenvalue weighted by atomic mass is 10.1. The Kier molecular flexibility index (Phi) is 15.7. The highest BCUT2D eigenvalue weighted by Gasteiger charge is 2.11. The Hall–Kier alpha value is -2.31. The van der Waals surface area contributed by atoms with Gasteiger partial charge in [-0.1, -0.05) is 44.8 Å². The molecule has 27 heavy (non-hydrogen) atoms. The number of carbonyl (C=O) groups excluding carboxylic acids is 1. The molecular formula is C20H32N2O5. The van der Waals surface area contributed by atoms with Crippen LogP contribution in [0.2, 0.25) is 0 Å². The Bertz CT molecular complexity index is 538. The SMILES string of the molecule is CCCCC/C(=C\C/C=C(\C/C=C\CCCCCCC=O)[N+](=O)[O-])[N+](=O)[O-]. The molecule has 0 aromatic rings. The minimum absolute atomic E-state index is 0.0599. The highest BCUT2D eigenvalue weighted by atomic mass is 16.6. The first-order valence-corrected chi connectivity index (χ1v) is 9.78. The quantitative estimate of drug-likeness (QED) is 0.105. The second-order valence-electron chi connectivity index (χ2n) is 6.43. The van der Waals surface area contributed by atoms with Gasteiger partial charge in [-0.15, -0.1) is 0 Å². The van der Waals surface area contributed by atoms with E-state index in [-0.39, 0.29) is 24.2 Å². The van der Waals surface area contributed by atoms with Gasteiger partial charge in [-0.05, 0) is 44.3 Å². The molecule has 0 unspecified atom stereocenters. The van der Waals surface area contributed by atoms with Crippen LogP contribution in [-0.4, -0.2) is 16.1 Å². The third-order valence-corrected chi connectivity index (χ3v) is 4.15. The van der Waals surface area contributed by atoms with Crippen molar-refractivity contribution in [3.8, 4) is 0 Å². The number of hydrogen-bond acceptors (Lipinski definition) is 5. The van der Waals surface area contributed by atoms with Gasteiger partial charge < -0.3 is 4.79 Å². The van der Waals surface area contributed by atoms with E-state index in [1.54, 1.807) is 6.08 Å². The van der Waals surface area contributed by atoms with Crippen molar-refractivity contribution in [1.29, 1.82) is 0 Å². The summed E-state index contributed by atoms with van der Waals surface area (Å²) in [7, 11) is 0. The molecule has 0 aliphatic rings. The Morgan fingerprint density at radius 1 is 0.815 bits per heavy atom. The van der Waals surface area contributed by atoms with Gasteiger partial charge in [-0.25, -0.2) is 0 Å². The number of unbranched alkanes of at least 4 members (excludes halogenated alkanes) is 7. The molecule has 0 fully saturated rings. The lowest BCUT2D eigenvalue weighted by Crippen LogP contribution is -2.00. The summed E-state index contributed by atoms with van der Waals surface area (Å²) in [4.78, 5) is 31.5. The fourth-order valence-electron chi connectivity index (χ4n) is 2.55. The molecule has 0 bridgehead atoms. The average molecular weight is 380 g/mol. The van der Waals surface area contributed by atoms with Crippen molar-refractivity contribution >= 4 is 6.29 Å². The van der Waals surface area contributed by atoms with E-state index in [1.165, 1.54) is 12.2 Å². The van der Waals surface area contributed by atoms with Gasteiger partial charge in [0, 0.05) is 12.8 Å². The van der Waals surface area contributed by atoms with E-state index in [9.17, 15) is 25.0 Å². The van der Waals surface area contributed by atoms with Crippen LogP contribution in [-0.2, 0) is 4.79 Å². The minimum Gasteiger partial charge on any atom is -0.303 e. The molecular weight excluding hydrogens is 348 g/mol. The molecule has 0 saturated carbocycles. The standard InChI is InChI=1S/C20H32N2O5/c1-2-3-10-14-19(21(24)25)16-13-17-20(22(26)27)15-11-8-6-4-5-7-9-12-18-23/h8,11,16-18H,2-7,9-10,12-15H2,1H3/b11-8-,19-16+,20-17+. The van der Waals surface area contributed by atoms with Crippen molar-refractivity contribution in [2.45, 2.75) is 84.0 Å². The van der Waals surface area contributed by atoms with Crippen LogP contribution < -0.4 is 0 Å². The van der Waals surface area contributed by atoms with E-state index in [4.69, 9.17) is 0 Å². The Balaban J connectivity index is 4.37. The van der Waals surface area contributed by atoms with Gasteiger partial charge in [0.1, 0.15) is 6.29 Å². The lowest BCUT2D eigenvalue weighted by Gasteiger charge is -1.98. The molecule has 0 aliphatic heterocycles. The minimum atomic E-state index is -0.430. The first kappa shape index (κ1) is 24.7. The zero-order valence-corrected chi connectivity index (χ0v) is 16.3. The van der Waals surface area contributed by atoms with E-state index < -0.39 is 9.85 Å². The maximum Gasteiger partial charge on any atom is 0.246 e. The molecule has 152 valence electrons. The molecule has 0 atom stereocenters. The summed E-state index contributed by atoms with van der Waals surface area (Å²) in [6.07, 6.45) is 16.5. The molecule has 0 spiro atoms. The van der Waals surface area contributed by atoms with Crippen molar-refractivity contribution in [3.05, 3.63) is 55.9 Å². The smallest absolute Gasteiger partial charge is 0.246 e. The number of nitro groups is 2. The monoisotopic (exact) mass is 380 g/mol. The molecule has 7 heteroatoms. The summed E-state index contributed by atoms with van der Waals surface area (Å²) < 4.78 is 0. The van der Waals surface area contributed by atoms with E-state index in [0.29, 0.717) is 12.8 Å². The average Bonchev–Trinajstić information content (AvgIpc) is 2.63. The molecule has 0 radical (unpaired) electrons. The summed E-state index contributed by atoms with van der Waals surface area (Å²) in [6, 6.07) is 0. The Morgan fingerprint density at radius 3 is 2.04 bits per heavy atom. The number of hydrogen-bond donors (Lipinski definition) is 0. The molecule has 0 N–H and O–H groups in total. The van der Waals surface area contributed by atoms with Crippen molar-refractivity contribution < 1.29 is 14.6 Å². The van der Waals surface area contributed by atoms with Crippen LogP contribution in [0.1, 0.15) is 84.0 Å². The van der Waals surface area contributed by atoms with Crippen LogP contribution in [0.25, 0.3) is 0 Å². The summed E-state index contributed by atoms with van der Waals surface area (Å²) in [5, 5.41) is 22.1. The summed E-state index contributed by atoms with van der Waals surface area (Å²) in [5.74, 6) is 0. The van der Waals surface area contributed by atoms with Crippen molar-refractivity contribution in [2.75, 3.05) is 0 Å². The van der Waals surface area contributed by atoms with Crippen LogP contribution >= 0.6 is 0 Å². The zero-order valence-electron chi connectivity index (χ0n) is 16.3. The van der Waals surface area contributed by atoms with Crippen molar-refractivity contribution in [2.24, 2.45) is 0 Å². The molecule has 0 heterocycles. The van der Waals surface area contributed by atoms with Crippen molar-refractivity contribution in [3.63, 3.8) is 0 Å². The Labute approximate surface area is 161 Å². The summed E-state index contributed by atoms with van der Waals surface area (Å²) in [6.45, 7) is 2.03. The number of allylic oxidation sites excluding steroid dienone is 5. The molecule has 0 saturated heterocycles. The maximum absolute atomic E-state index is 11.1. The van der Waals surface area contributed by atoms with Gasteiger partial charge in [0.25, 0.3) is 0 Å². The second-order valence-corrected chi connectivity index (χ2v) is 6.43. The third-order valence-electron chi connectivity index (χ3n) is 4.15. The third kappa shape index (κ3) is 14.5. The van der Waals surface area contributed by atoms with Crippen LogP contribution in [0.5, 0.6) is 0 Å². The number of aldehydes is 1. The zero-order chi connectivity index (χ0) is 20.3. The van der Waals surface area contributed by atoms with Gasteiger partial charge in [-0.3, -0.25) is 20.2 Å². The van der Waals surface area contributed by atoms with Gasteiger partial charge in [0.2, 0.25) is 11.4 Å². The highest BCUT2D eigenvalue weighted by Crippen LogP contribution is 2.13. The molecule has 0 aromatic heterocycles. The number of carbonyl (C=O) groups is 1. The normalized spacial score (nSPS) is 12.5.